The second-order valence-electron chi connectivity index (χ2n) is 6.84. The Kier molecular flexibility index (Phi) is 5.36. The highest BCUT2D eigenvalue weighted by molar-refractivity contribution is 5.75. The summed E-state index contributed by atoms with van der Waals surface area (Å²) in [5, 5.41) is 3.10. The van der Waals surface area contributed by atoms with Crippen LogP contribution in [0.3, 0.4) is 0 Å². The molecule has 0 saturated heterocycles. The van der Waals surface area contributed by atoms with Crippen LogP contribution in [-0.2, 0) is 11.2 Å². The van der Waals surface area contributed by atoms with Crippen molar-refractivity contribution in [2.45, 2.75) is 51.4 Å². The van der Waals surface area contributed by atoms with Gasteiger partial charge in [0.15, 0.2) is 0 Å². The molecule has 0 radical (unpaired) electrons. The number of rotatable bonds is 5. The van der Waals surface area contributed by atoms with Gasteiger partial charge in [-0.25, -0.2) is 0 Å². The maximum Gasteiger partial charge on any atom is 0.220 e. The molecule has 120 valence electrons. The molecule has 1 aromatic carbocycles. The Morgan fingerprint density at radius 3 is 2.82 bits per heavy atom. The molecule has 1 unspecified atom stereocenters. The predicted molar refractivity (Wildman–Crippen MR) is 87.9 cm³/mol. The van der Waals surface area contributed by atoms with Gasteiger partial charge < -0.3 is 10.1 Å². The Balaban J connectivity index is 1.37. The van der Waals surface area contributed by atoms with Crippen LogP contribution in [0.15, 0.2) is 24.3 Å². The number of carbonyl (C=O) groups excluding carboxylic acids is 1. The van der Waals surface area contributed by atoms with Crippen molar-refractivity contribution >= 4 is 5.91 Å². The molecule has 1 atom stereocenters. The van der Waals surface area contributed by atoms with E-state index in [1.165, 1.54) is 37.7 Å². The van der Waals surface area contributed by atoms with Crippen molar-refractivity contribution in [3.63, 3.8) is 0 Å². The molecule has 3 nitrogen and oxygen atoms in total. The molecule has 1 fully saturated rings. The summed E-state index contributed by atoms with van der Waals surface area (Å²) in [5.41, 5.74) is 1.26. The Morgan fingerprint density at radius 2 is 1.95 bits per heavy atom. The standard InChI is InChI=1S/C19H27NO2/c21-19(11-10-15-6-2-1-3-7-15)20-13-16-12-17-8-4-5-9-18(17)22-14-16/h4-5,8-9,15-16H,1-3,6-7,10-14H2,(H,20,21). The van der Waals surface area contributed by atoms with Gasteiger partial charge >= 0.3 is 0 Å². The smallest absolute Gasteiger partial charge is 0.220 e. The first-order valence-electron chi connectivity index (χ1n) is 8.78. The molecule has 3 heteroatoms. The van der Waals surface area contributed by atoms with Crippen LogP contribution in [0.1, 0.15) is 50.5 Å². The Bertz CT molecular complexity index is 494. The lowest BCUT2D eigenvalue weighted by Gasteiger charge is -2.25. The molecule has 22 heavy (non-hydrogen) atoms. The van der Waals surface area contributed by atoms with Crippen molar-refractivity contribution in [1.29, 1.82) is 0 Å². The van der Waals surface area contributed by atoms with Crippen molar-refractivity contribution < 1.29 is 9.53 Å². The van der Waals surface area contributed by atoms with Gasteiger partial charge in [-0.2, -0.15) is 0 Å². The minimum absolute atomic E-state index is 0.212. The first-order valence-corrected chi connectivity index (χ1v) is 8.78. The van der Waals surface area contributed by atoms with E-state index in [1.807, 2.05) is 18.2 Å². The quantitative estimate of drug-likeness (QED) is 0.900. The van der Waals surface area contributed by atoms with Gasteiger partial charge in [-0.1, -0.05) is 50.3 Å². The zero-order valence-electron chi connectivity index (χ0n) is 13.4. The SMILES string of the molecule is O=C(CCC1CCCCC1)NCC1COc2ccccc2C1. The van der Waals surface area contributed by atoms with E-state index in [9.17, 15) is 4.79 Å². The van der Waals surface area contributed by atoms with Crippen LogP contribution < -0.4 is 10.1 Å². The third-order valence-corrected chi connectivity index (χ3v) is 5.05. The molecule has 1 heterocycles. The van der Waals surface area contributed by atoms with Gasteiger partial charge in [-0.05, 0) is 30.4 Å². The summed E-state index contributed by atoms with van der Waals surface area (Å²) in [6.07, 6.45) is 9.48. The monoisotopic (exact) mass is 301 g/mol. The molecule has 1 aliphatic carbocycles. The van der Waals surface area contributed by atoms with Gasteiger partial charge in [-0.15, -0.1) is 0 Å². The molecule has 0 spiro atoms. The highest BCUT2D eigenvalue weighted by atomic mass is 16.5. The number of carbonyl (C=O) groups is 1. The summed E-state index contributed by atoms with van der Waals surface area (Å²) in [6.45, 7) is 1.44. The number of hydrogen-bond acceptors (Lipinski definition) is 2. The number of hydrogen-bond donors (Lipinski definition) is 1. The lowest BCUT2D eigenvalue weighted by molar-refractivity contribution is -0.121. The third kappa shape index (κ3) is 4.25. The van der Waals surface area contributed by atoms with Gasteiger partial charge in [0, 0.05) is 18.9 Å². The molecular formula is C19H27NO2. The predicted octanol–water partition coefficient (Wildman–Crippen LogP) is 3.71. The number of ether oxygens (including phenoxy) is 1. The van der Waals surface area contributed by atoms with E-state index < -0.39 is 0 Å². The minimum atomic E-state index is 0.212. The van der Waals surface area contributed by atoms with Crippen LogP contribution in [0.5, 0.6) is 5.75 Å². The molecule has 2 aliphatic rings. The maximum atomic E-state index is 12.0. The van der Waals surface area contributed by atoms with Crippen LogP contribution >= 0.6 is 0 Å². The van der Waals surface area contributed by atoms with E-state index in [0.717, 1.165) is 31.1 Å². The van der Waals surface area contributed by atoms with Gasteiger partial charge in [0.05, 0.1) is 6.61 Å². The van der Waals surface area contributed by atoms with Crippen LogP contribution in [-0.4, -0.2) is 19.1 Å². The molecule has 3 rings (SSSR count). The summed E-state index contributed by atoms with van der Waals surface area (Å²) in [7, 11) is 0. The fourth-order valence-corrected chi connectivity index (χ4v) is 3.68. The summed E-state index contributed by atoms with van der Waals surface area (Å²) in [5.74, 6) is 2.39. The number of nitrogens with one attached hydrogen (secondary N) is 1. The van der Waals surface area contributed by atoms with E-state index in [4.69, 9.17) is 4.74 Å². The highest BCUT2D eigenvalue weighted by Gasteiger charge is 2.20. The van der Waals surface area contributed by atoms with E-state index in [-0.39, 0.29) is 5.91 Å². The number of benzene rings is 1. The first kappa shape index (κ1) is 15.4. The molecule has 1 saturated carbocycles. The van der Waals surface area contributed by atoms with E-state index >= 15 is 0 Å². The second kappa shape index (κ2) is 7.66. The highest BCUT2D eigenvalue weighted by Crippen LogP contribution is 2.28. The molecule has 1 aromatic rings. The number of amides is 1. The number of fused-ring (bicyclic) bond motifs is 1. The molecule has 0 aromatic heterocycles. The summed E-state index contributed by atoms with van der Waals surface area (Å²) in [4.78, 5) is 12.0. The van der Waals surface area contributed by atoms with Crippen molar-refractivity contribution in [3.8, 4) is 5.75 Å². The topological polar surface area (TPSA) is 38.3 Å². The Hall–Kier alpha value is -1.51. The summed E-state index contributed by atoms with van der Waals surface area (Å²) < 4.78 is 5.77. The normalized spacial score (nSPS) is 21.7. The Morgan fingerprint density at radius 1 is 1.14 bits per heavy atom. The van der Waals surface area contributed by atoms with Crippen molar-refractivity contribution in [2.75, 3.05) is 13.2 Å². The average molecular weight is 301 g/mol. The van der Waals surface area contributed by atoms with Crippen LogP contribution in [0.4, 0.5) is 0 Å². The van der Waals surface area contributed by atoms with Crippen molar-refractivity contribution in [1.82, 2.24) is 5.32 Å². The van der Waals surface area contributed by atoms with Crippen molar-refractivity contribution in [3.05, 3.63) is 29.8 Å². The zero-order valence-corrected chi connectivity index (χ0v) is 13.4. The summed E-state index contributed by atoms with van der Waals surface area (Å²) in [6, 6.07) is 8.19. The van der Waals surface area contributed by atoms with E-state index in [1.54, 1.807) is 0 Å². The Labute approximate surface area is 133 Å². The molecule has 0 bridgehead atoms. The fourth-order valence-electron chi connectivity index (χ4n) is 3.68. The van der Waals surface area contributed by atoms with E-state index in [2.05, 4.69) is 11.4 Å². The van der Waals surface area contributed by atoms with E-state index in [0.29, 0.717) is 18.9 Å². The molecule has 1 aliphatic heterocycles. The minimum Gasteiger partial charge on any atom is -0.493 e. The van der Waals surface area contributed by atoms with Crippen LogP contribution in [0.25, 0.3) is 0 Å². The second-order valence-corrected chi connectivity index (χ2v) is 6.84. The number of para-hydroxylation sites is 1. The first-order chi connectivity index (χ1) is 10.8. The van der Waals surface area contributed by atoms with Gasteiger partial charge in [0.2, 0.25) is 5.91 Å². The molecular weight excluding hydrogens is 274 g/mol. The van der Waals surface area contributed by atoms with Crippen LogP contribution in [0, 0.1) is 11.8 Å². The fraction of sp³-hybridized carbons (Fsp3) is 0.632. The van der Waals surface area contributed by atoms with Gasteiger partial charge in [0.1, 0.15) is 5.75 Å². The van der Waals surface area contributed by atoms with Crippen LogP contribution in [0.2, 0.25) is 0 Å². The van der Waals surface area contributed by atoms with Gasteiger partial charge in [0.25, 0.3) is 0 Å². The maximum absolute atomic E-state index is 12.0. The summed E-state index contributed by atoms with van der Waals surface area (Å²) >= 11 is 0. The lowest BCUT2D eigenvalue weighted by Crippen LogP contribution is -2.34. The molecule has 1 amide bonds. The largest absolute Gasteiger partial charge is 0.493 e. The average Bonchev–Trinajstić information content (AvgIpc) is 2.59. The third-order valence-electron chi connectivity index (χ3n) is 5.05. The van der Waals surface area contributed by atoms with Crippen molar-refractivity contribution in [2.24, 2.45) is 11.8 Å². The molecule has 1 N–H and O–H groups in total. The lowest BCUT2D eigenvalue weighted by atomic mass is 9.86. The van der Waals surface area contributed by atoms with Gasteiger partial charge in [-0.3, -0.25) is 4.79 Å². The zero-order chi connectivity index (χ0) is 15.2.